The molecule has 4 rings (SSSR count). The van der Waals surface area contributed by atoms with Crippen molar-refractivity contribution in [3.05, 3.63) is 96.7 Å². The molecule has 21 heavy (non-hydrogen) atoms. The van der Waals surface area contributed by atoms with Gasteiger partial charge in [0.1, 0.15) is 0 Å². The van der Waals surface area contributed by atoms with Gasteiger partial charge in [-0.25, -0.2) is 0 Å². The monoisotopic (exact) mass is 271 g/mol. The lowest BCUT2D eigenvalue weighted by Crippen LogP contribution is -2.06. The van der Waals surface area contributed by atoms with E-state index in [0.29, 0.717) is 12.0 Å². The van der Waals surface area contributed by atoms with E-state index >= 15 is 0 Å². The largest absolute Gasteiger partial charge is 0.337 e. The molecule has 1 heteroatoms. The zero-order valence-electron chi connectivity index (χ0n) is 11.8. The summed E-state index contributed by atoms with van der Waals surface area (Å²) >= 11 is 0. The number of nitrogens with zero attached hydrogens (tertiary/aromatic N) is 1. The standard InChI is InChI=1S/C20H17N/c1-2-6-16(7-3-1)17-10-12-19(13-11-17)21-15-14-18-8-4-5-9-20(18)21/h1-15,17,19H. The molecule has 102 valence electrons. The SMILES string of the molecule is C1=CC(n2ccc3ccccc32)C=CC1c1ccccc1. The number of allylic oxidation sites excluding steroid dienone is 4. The summed E-state index contributed by atoms with van der Waals surface area (Å²) in [5.74, 6) is 0.393. The Morgan fingerprint density at radius 2 is 1.38 bits per heavy atom. The Labute approximate surface area is 124 Å². The van der Waals surface area contributed by atoms with Crippen molar-refractivity contribution < 1.29 is 0 Å². The van der Waals surface area contributed by atoms with Gasteiger partial charge in [-0.2, -0.15) is 0 Å². The van der Waals surface area contributed by atoms with Crippen LogP contribution in [0.4, 0.5) is 0 Å². The van der Waals surface area contributed by atoms with Gasteiger partial charge in [0, 0.05) is 17.6 Å². The minimum absolute atomic E-state index is 0.310. The average molecular weight is 271 g/mol. The quantitative estimate of drug-likeness (QED) is 0.572. The third kappa shape index (κ3) is 2.21. The summed E-state index contributed by atoms with van der Waals surface area (Å²) in [4.78, 5) is 0. The molecule has 0 amide bonds. The molecule has 2 aromatic carbocycles. The van der Waals surface area contributed by atoms with E-state index in [-0.39, 0.29) is 0 Å². The highest BCUT2D eigenvalue weighted by Gasteiger charge is 2.13. The van der Waals surface area contributed by atoms with Crippen LogP contribution in [0.3, 0.4) is 0 Å². The maximum Gasteiger partial charge on any atom is 0.0701 e. The van der Waals surface area contributed by atoms with E-state index < -0.39 is 0 Å². The Morgan fingerprint density at radius 1 is 0.667 bits per heavy atom. The van der Waals surface area contributed by atoms with Gasteiger partial charge in [-0.1, -0.05) is 72.8 Å². The van der Waals surface area contributed by atoms with Crippen molar-refractivity contribution in [1.82, 2.24) is 4.57 Å². The molecule has 0 saturated carbocycles. The lowest BCUT2D eigenvalue weighted by molar-refractivity contribution is 0.734. The van der Waals surface area contributed by atoms with Gasteiger partial charge < -0.3 is 4.57 Å². The predicted molar refractivity (Wildman–Crippen MR) is 88.4 cm³/mol. The first-order chi connectivity index (χ1) is 10.4. The third-order valence-electron chi connectivity index (χ3n) is 4.17. The minimum atomic E-state index is 0.310. The average Bonchev–Trinajstić information content (AvgIpc) is 3.00. The molecular weight excluding hydrogens is 254 g/mol. The number of rotatable bonds is 2. The lowest BCUT2D eigenvalue weighted by Gasteiger charge is -2.19. The molecule has 3 aromatic rings. The predicted octanol–water partition coefficient (Wildman–Crippen LogP) is 5.09. The molecule has 0 fully saturated rings. The normalized spacial score (nSPS) is 21.0. The van der Waals surface area contributed by atoms with Crippen LogP contribution in [0.1, 0.15) is 17.5 Å². The Kier molecular flexibility index (Phi) is 2.97. The second-order valence-corrected chi connectivity index (χ2v) is 5.48. The minimum Gasteiger partial charge on any atom is -0.337 e. The maximum atomic E-state index is 2.32. The van der Waals surface area contributed by atoms with E-state index in [9.17, 15) is 0 Å². The fraction of sp³-hybridized carbons (Fsp3) is 0.100. The Morgan fingerprint density at radius 3 is 2.19 bits per heavy atom. The molecule has 0 bridgehead atoms. The molecule has 0 unspecified atom stereocenters. The smallest absolute Gasteiger partial charge is 0.0701 e. The van der Waals surface area contributed by atoms with Crippen LogP contribution in [0, 0.1) is 0 Å². The van der Waals surface area contributed by atoms with Crippen molar-refractivity contribution in [2.75, 3.05) is 0 Å². The fourth-order valence-corrected chi connectivity index (χ4v) is 3.04. The Bertz CT molecular complexity index is 794. The van der Waals surface area contributed by atoms with Crippen LogP contribution in [0.25, 0.3) is 10.9 Å². The van der Waals surface area contributed by atoms with Crippen molar-refractivity contribution in [2.45, 2.75) is 12.0 Å². The molecule has 1 aliphatic carbocycles. The number of hydrogen-bond acceptors (Lipinski definition) is 0. The van der Waals surface area contributed by atoms with Gasteiger partial charge in [-0.3, -0.25) is 0 Å². The number of fused-ring (bicyclic) bond motifs is 1. The second kappa shape index (κ2) is 5.10. The lowest BCUT2D eigenvalue weighted by atomic mass is 9.93. The molecule has 1 aromatic heterocycles. The third-order valence-corrected chi connectivity index (χ3v) is 4.17. The maximum absolute atomic E-state index is 2.32. The molecule has 1 aliphatic rings. The number of aromatic nitrogens is 1. The molecule has 0 N–H and O–H groups in total. The summed E-state index contributed by atoms with van der Waals surface area (Å²) in [7, 11) is 0. The van der Waals surface area contributed by atoms with Crippen molar-refractivity contribution >= 4 is 10.9 Å². The van der Waals surface area contributed by atoms with Crippen LogP contribution >= 0.6 is 0 Å². The van der Waals surface area contributed by atoms with Crippen LogP contribution in [0.5, 0.6) is 0 Å². The first kappa shape index (κ1) is 12.2. The molecule has 0 radical (unpaired) electrons. The van der Waals surface area contributed by atoms with Crippen molar-refractivity contribution in [1.29, 1.82) is 0 Å². The highest BCUT2D eigenvalue weighted by molar-refractivity contribution is 5.80. The summed E-state index contributed by atoms with van der Waals surface area (Å²) in [6, 6.07) is 21.7. The highest BCUT2D eigenvalue weighted by atomic mass is 15.0. The molecule has 1 heterocycles. The first-order valence-electron chi connectivity index (χ1n) is 7.39. The fourth-order valence-electron chi connectivity index (χ4n) is 3.04. The number of benzene rings is 2. The van der Waals surface area contributed by atoms with Crippen molar-refractivity contribution in [3.8, 4) is 0 Å². The van der Waals surface area contributed by atoms with Gasteiger partial charge in [0.2, 0.25) is 0 Å². The Balaban J connectivity index is 1.64. The van der Waals surface area contributed by atoms with Crippen LogP contribution in [0.2, 0.25) is 0 Å². The van der Waals surface area contributed by atoms with Crippen LogP contribution in [-0.2, 0) is 0 Å². The summed E-state index contributed by atoms with van der Waals surface area (Å²) in [5, 5.41) is 1.30. The van der Waals surface area contributed by atoms with Gasteiger partial charge in [-0.05, 0) is 23.1 Å². The molecule has 0 aliphatic heterocycles. The van der Waals surface area contributed by atoms with E-state index in [4.69, 9.17) is 0 Å². The number of hydrogen-bond donors (Lipinski definition) is 0. The van der Waals surface area contributed by atoms with Crippen molar-refractivity contribution in [2.24, 2.45) is 0 Å². The summed E-state index contributed by atoms with van der Waals surface area (Å²) < 4.78 is 2.32. The summed E-state index contributed by atoms with van der Waals surface area (Å²) in [6.07, 6.45) is 11.4. The second-order valence-electron chi connectivity index (χ2n) is 5.48. The molecule has 0 atom stereocenters. The van der Waals surface area contributed by atoms with Gasteiger partial charge in [0.25, 0.3) is 0 Å². The first-order valence-corrected chi connectivity index (χ1v) is 7.39. The van der Waals surface area contributed by atoms with Crippen LogP contribution < -0.4 is 0 Å². The van der Waals surface area contributed by atoms with Gasteiger partial charge in [0.05, 0.1) is 6.04 Å². The van der Waals surface area contributed by atoms with Crippen molar-refractivity contribution in [3.63, 3.8) is 0 Å². The Hall–Kier alpha value is -2.54. The molecular formula is C20H17N. The van der Waals surface area contributed by atoms with E-state index in [1.54, 1.807) is 0 Å². The summed E-state index contributed by atoms with van der Waals surface area (Å²) in [6.45, 7) is 0. The molecule has 0 saturated heterocycles. The van der Waals surface area contributed by atoms with Crippen LogP contribution in [-0.4, -0.2) is 4.57 Å². The van der Waals surface area contributed by atoms with E-state index in [1.165, 1.54) is 16.5 Å². The zero-order chi connectivity index (χ0) is 14.1. The van der Waals surface area contributed by atoms with Gasteiger partial charge >= 0.3 is 0 Å². The van der Waals surface area contributed by atoms with E-state index in [1.807, 2.05) is 0 Å². The highest BCUT2D eigenvalue weighted by Crippen LogP contribution is 2.29. The van der Waals surface area contributed by atoms with E-state index in [0.717, 1.165) is 0 Å². The number of para-hydroxylation sites is 1. The van der Waals surface area contributed by atoms with Gasteiger partial charge in [-0.15, -0.1) is 0 Å². The zero-order valence-corrected chi connectivity index (χ0v) is 11.8. The molecule has 0 spiro atoms. The topological polar surface area (TPSA) is 4.93 Å². The summed E-state index contributed by atoms with van der Waals surface area (Å²) in [5.41, 5.74) is 2.63. The van der Waals surface area contributed by atoms with E-state index in [2.05, 4.69) is 95.7 Å². The van der Waals surface area contributed by atoms with Gasteiger partial charge in [0.15, 0.2) is 0 Å². The van der Waals surface area contributed by atoms with Crippen LogP contribution in [0.15, 0.2) is 91.2 Å². The molecule has 1 nitrogen and oxygen atoms in total.